The lowest BCUT2D eigenvalue weighted by atomic mass is 10.2. The van der Waals surface area contributed by atoms with Crippen LogP contribution in [0, 0.1) is 0 Å². The molecule has 0 bridgehead atoms. The summed E-state index contributed by atoms with van der Waals surface area (Å²) in [5.74, 6) is 2.32. The van der Waals surface area contributed by atoms with Crippen LogP contribution in [0.1, 0.15) is 0 Å². The van der Waals surface area contributed by atoms with Crippen LogP contribution in [-0.4, -0.2) is 73.4 Å². The Morgan fingerprint density at radius 3 is 2.35 bits per heavy atom. The first kappa shape index (κ1) is 20.7. The van der Waals surface area contributed by atoms with Crippen LogP contribution >= 0.6 is 11.3 Å². The molecule has 3 N–H and O–H groups in total. The summed E-state index contributed by atoms with van der Waals surface area (Å²) in [5.41, 5.74) is 8.85. The summed E-state index contributed by atoms with van der Waals surface area (Å²) in [6.07, 6.45) is 0. The quantitative estimate of drug-likeness (QED) is 0.606. The number of thiazole rings is 1. The highest BCUT2D eigenvalue weighted by Crippen LogP contribution is 2.40. The average Bonchev–Trinajstić information content (AvgIpc) is 3.26. The first-order valence-corrected chi connectivity index (χ1v) is 10.4. The molecule has 12 heteroatoms. The predicted molar refractivity (Wildman–Crippen MR) is 119 cm³/mol. The third-order valence-corrected chi connectivity index (χ3v) is 5.70. The lowest BCUT2D eigenvalue weighted by molar-refractivity contribution is 0.208. The van der Waals surface area contributed by atoms with Gasteiger partial charge in [-0.25, -0.2) is 14.8 Å². The van der Waals surface area contributed by atoms with Gasteiger partial charge < -0.3 is 35.1 Å². The van der Waals surface area contributed by atoms with Gasteiger partial charge in [-0.3, -0.25) is 0 Å². The molecular weight excluding hydrogens is 422 g/mol. The molecule has 2 amide bonds. The smallest absolute Gasteiger partial charge is 0.321 e. The number of nitrogens with one attached hydrogen (secondary N) is 1. The summed E-state index contributed by atoms with van der Waals surface area (Å²) < 4.78 is 16.0. The van der Waals surface area contributed by atoms with Gasteiger partial charge in [0.05, 0.1) is 32.5 Å². The SMILES string of the molecule is COc1cc(NC(=O)N2CCN(c3nc(N)nc4scnc34)CC2)cc(OC)c1OC. The Hall–Kier alpha value is -3.54. The van der Waals surface area contributed by atoms with Gasteiger partial charge in [-0.1, -0.05) is 0 Å². The van der Waals surface area contributed by atoms with Crippen molar-refractivity contribution in [2.45, 2.75) is 0 Å². The number of fused-ring (bicyclic) bond motifs is 1. The largest absolute Gasteiger partial charge is 0.493 e. The van der Waals surface area contributed by atoms with Crippen molar-refractivity contribution in [3.05, 3.63) is 17.6 Å². The molecule has 1 saturated heterocycles. The topological polar surface area (TPSA) is 128 Å². The fourth-order valence-corrected chi connectivity index (χ4v) is 4.12. The molecule has 0 saturated carbocycles. The highest BCUT2D eigenvalue weighted by molar-refractivity contribution is 7.16. The molecule has 4 rings (SSSR count). The van der Waals surface area contributed by atoms with E-state index in [0.717, 1.165) is 10.3 Å². The van der Waals surface area contributed by atoms with E-state index < -0.39 is 0 Å². The second-order valence-corrected chi connectivity index (χ2v) is 7.56. The third kappa shape index (κ3) is 4.06. The van der Waals surface area contributed by atoms with Gasteiger partial charge in [-0.15, -0.1) is 11.3 Å². The molecule has 3 heterocycles. The Labute approximate surface area is 182 Å². The van der Waals surface area contributed by atoms with Crippen LogP contribution < -0.4 is 30.2 Å². The van der Waals surface area contributed by atoms with Crippen molar-refractivity contribution in [3.8, 4) is 17.2 Å². The van der Waals surface area contributed by atoms with E-state index in [0.29, 0.717) is 54.9 Å². The van der Waals surface area contributed by atoms with Crippen LogP contribution in [0.3, 0.4) is 0 Å². The fourth-order valence-electron chi connectivity index (χ4n) is 3.46. The molecule has 0 atom stereocenters. The maximum atomic E-state index is 12.8. The third-order valence-electron chi connectivity index (χ3n) is 4.98. The minimum Gasteiger partial charge on any atom is -0.493 e. The number of methoxy groups -OCH3 is 3. The van der Waals surface area contributed by atoms with Crippen LogP contribution in [0.15, 0.2) is 17.6 Å². The summed E-state index contributed by atoms with van der Waals surface area (Å²) >= 11 is 1.42. The lowest BCUT2D eigenvalue weighted by Crippen LogP contribution is -2.50. The van der Waals surface area contributed by atoms with Gasteiger partial charge >= 0.3 is 6.03 Å². The molecule has 0 aliphatic carbocycles. The monoisotopic (exact) mass is 445 g/mol. The van der Waals surface area contributed by atoms with Crippen molar-refractivity contribution in [3.63, 3.8) is 0 Å². The van der Waals surface area contributed by atoms with Crippen LogP contribution in [0.4, 0.5) is 22.2 Å². The molecular formula is C19H23N7O4S. The van der Waals surface area contributed by atoms with Gasteiger partial charge in [-0.05, 0) is 0 Å². The Kier molecular flexibility index (Phi) is 5.80. The van der Waals surface area contributed by atoms with Crippen molar-refractivity contribution >= 4 is 45.2 Å². The van der Waals surface area contributed by atoms with Crippen molar-refractivity contribution in [1.82, 2.24) is 19.9 Å². The van der Waals surface area contributed by atoms with E-state index in [4.69, 9.17) is 19.9 Å². The van der Waals surface area contributed by atoms with Crippen LogP contribution in [0.5, 0.6) is 17.2 Å². The zero-order chi connectivity index (χ0) is 22.0. The van der Waals surface area contributed by atoms with Crippen molar-refractivity contribution in [1.29, 1.82) is 0 Å². The number of hydrogen-bond donors (Lipinski definition) is 2. The minimum absolute atomic E-state index is 0.213. The number of carbonyl (C=O) groups excluding carboxylic acids is 1. The number of anilines is 3. The Bertz CT molecular complexity index is 1070. The van der Waals surface area contributed by atoms with Crippen LogP contribution in [-0.2, 0) is 0 Å². The number of benzene rings is 1. The second kappa shape index (κ2) is 8.68. The fraction of sp³-hybridized carbons (Fsp3) is 0.368. The molecule has 0 unspecified atom stereocenters. The Morgan fingerprint density at radius 2 is 1.74 bits per heavy atom. The van der Waals surface area contributed by atoms with Gasteiger partial charge in [0.2, 0.25) is 11.7 Å². The predicted octanol–water partition coefficient (Wildman–Crippen LogP) is 2.05. The molecule has 2 aromatic heterocycles. The van der Waals surface area contributed by atoms with Crippen molar-refractivity contribution < 1.29 is 19.0 Å². The number of carbonyl (C=O) groups is 1. The highest BCUT2D eigenvalue weighted by atomic mass is 32.1. The number of nitrogen functional groups attached to an aromatic ring is 1. The van der Waals surface area contributed by atoms with E-state index >= 15 is 0 Å². The number of aromatic nitrogens is 3. The number of ether oxygens (including phenoxy) is 3. The normalized spacial score (nSPS) is 13.9. The molecule has 0 radical (unpaired) electrons. The maximum absolute atomic E-state index is 12.8. The number of nitrogens with two attached hydrogens (primary N) is 1. The maximum Gasteiger partial charge on any atom is 0.321 e. The summed E-state index contributed by atoms with van der Waals surface area (Å²) in [7, 11) is 4.59. The number of hydrogen-bond acceptors (Lipinski definition) is 10. The summed E-state index contributed by atoms with van der Waals surface area (Å²) in [5, 5.41) is 2.90. The Morgan fingerprint density at radius 1 is 1.06 bits per heavy atom. The van der Waals surface area contributed by atoms with E-state index in [-0.39, 0.29) is 12.0 Å². The molecule has 164 valence electrons. The standard InChI is InChI=1S/C19H23N7O4S/c1-28-12-8-11(9-13(29-2)15(12)30-3)22-19(27)26-6-4-25(5-7-26)16-14-17(31-10-21-14)24-18(20)23-16/h8-10H,4-7H2,1-3H3,(H,22,27)(H2,20,23,24). The number of amides is 2. The zero-order valence-corrected chi connectivity index (χ0v) is 18.2. The minimum atomic E-state index is -0.213. The van der Waals surface area contributed by atoms with E-state index in [9.17, 15) is 4.79 Å². The number of rotatable bonds is 5. The molecule has 1 aliphatic heterocycles. The first-order valence-electron chi connectivity index (χ1n) is 9.51. The zero-order valence-electron chi connectivity index (χ0n) is 17.4. The van der Waals surface area contributed by atoms with Gasteiger partial charge in [0, 0.05) is 38.3 Å². The van der Waals surface area contributed by atoms with Crippen LogP contribution in [0.25, 0.3) is 10.3 Å². The lowest BCUT2D eigenvalue weighted by Gasteiger charge is -2.35. The van der Waals surface area contributed by atoms with E-state index in [1.165, 1.54) is 32.7 Å². The van der Waals surface area contributed by atoms with E-state index in [1.54, 1.807) is 22.5 Å². The number of piperazine rings is 1. The summed E-state index contributed by atoms with van der Waals surface area (Å²) in [4.78, 5) is 30.3. The molecule has 3 aromatic rings. The van der Waals surface area contributed by atoms with Crippen LogP contribution in [0.2, 0.25) is 0 Å². The van der Waals surface area contributed by atoms with E-state index in [1.807, 2.05) is 0 Å². The molecule has 11 nitrogen and oxygen atoms in total. The van der Waals surface area contributed by atoms with Gasteiger partial charge in [-0.2, -0.15) is 4.98 Å². The number of urea groups is 1. The van der Waals surface area contributed by atoms with E-state index in [2.05, 4.69) is 25.2 Å². The van der Waals surface area contributed by atoms with Gasteiger partial charge in [0.15, 0.2) is 22.1 Å². The summed E-state index contributed by atoms with van der Waals surface area (Å²) in [6.45, 7) is 2.25. The molecule has 31 heavy (non-hydrogen) atoms. The molecule has 1 aromatic carbocycles. The molecule has 1 fully saturated rings. The molecule has 1 aliphatic rings. The Balaban J connectivity index is 1.45. The van der Waals surface area contributed by atoms with Crippen molar-refractivity contribution in [2.75, 3.05) is 63.5 Å². The van der Waals surface area contributed by atoms with Gasteiger partial charge in [0.25, 0.3) is 0 Å². The first-order chi connectivity index (χ1) is 15.0. The highest BCUT2D eigenvalue weighted by Gasteiger charge is 2.25. The number of nitrogens with zero attached hydrogens (tertiary/aromatic N) is 5. The average molecular weight is 446 g/mol. The molecule has 0 spiro atoms. The summed E-state index contributed by atoms with van der Waals surface area (Å²) in [6, 6.07) is 3.17. The van der Waals surface area contributed by atoms with Crippen molar-refractivity contribution in [2.24, 2.45) is 0 Å². The van der Waals surface area contributed by atoms with Gasteiger partial charge in [0.1, 0.15) is 5.52 Å². The second-order valence-electron chi connectivity index (χ2n) is 6.73.